The van der Waals surface area contributed by atoms with Crippen molar-refractivity contribution in [2.45, 2.75) is 0 Å². The van der Waals surface area contributed by atoms with Crippen LogP contribution in [0.1, 0.15) is 10.4 Å². The Hall–Kier alpha value is -1.03. The van der Waals surface area contributed by atoms with E-state index in [-0.39, 0.29) is 5.91 Å². The van der Waals surface area contributed by atoms with Gasteiger partial charge in [-0.3, -0.25) is 9.78 Å². The Morgan fingerprint density at radius 2 is 2.54 bits per heavy atom. The van der Waals surface area contributed by atoms with E-state index in [1.807, 2.05) is 4.90 Å². The lowest BCUT2D eigenvalue weighted by Crippen LogP contribution is -2.27. The van der Waals surface area contributed by atoms with Gasteiger partial charge in [-0.15, -0.1) is 11.8 Å². The predicted octanol–water partition coefficient (Wildman–Crippen LogP) is 1.23. The largest absolute Gasteiger partial charge is 0.329 e. The van der Waals surface area contributed by atoms with E-state index in [1.54, 1.807) is 36.3 Å². The highest BCUT2D eigenvalue weighted by Gasteiger charge is 2.19. The summed E-state index contributed by atoms with van der Waals surface area (Å²) in [7, 11) is 0. The molecule has 1 aliphatic heterocycles. The molecule has 1 amide bonds. The second-order valence-corrected chi connectivity index (χ2v) is 3.92. The molecule has 0 saturated carbocycles. The number of amides is 1. The number of aromatic nitrogens is 1. The van der Waals surface area contributed by atoms with Crippen molar-refractivity contribution in [2.75, 3.05) is 18.2 Å². The maximum absolute atomic E-state index is 11.7. The topological polar surface area (TPSA) is 33.2 Å². The maximum Gasteiger partial charge on any atom is 0.256 e. The van der Waals surface area contributed by atoms with Gasteiger partial charge in [-0.1, -0.05) is 0 Å². The number of rotatable bonds is 1. The third kappa shape index (κ3) is 1.83. The van der Waals surface area contributed by atoms with Crippen molar-refractivity contribution in [1.29, 1.82) is 0 Å². The lowest BCUT2D eigenvalue weighted by Gasteiger charge is -2.13. The van der Waals surface area contributed by atoms with Crippen LogP contribution in [0.5, 0.6) is 0 Å². The van der Waals surface area contributed by atoms with Crippen molar-refractivity contribution < 1.29 is 4.79 Å². The molecule has 2 rings (SSSR count). The Kier molecular flexibility index (Phi) is 2.49. The Balaban J connectivity index is 2.13. The predicted molar refractivity (Wildman–Crippen MR) is 52.6 cm³/mol. The quantitative estimate of drug-likeness (QED) is 0.674. The number of thioether (sulfide) groups is 1. The van der Waals surface area contributed by atoms with Crippen molar-refractivity contribution in [3.05, 3.63) is 30.1 Å². The molecule has 0 aliphatic carbocycles. The smallest absolute Gasteiger partial charge is 0.256 e. The molecule has 0 bridgehead atoms. The fourth-order valence-electron chi connectivity index (χ4n) is 1.25. The minimum Gasteiger partial charge on any atom is -0.329 e. The summed E-state index contributed by atoms with van der Waals surface area (Å²) in [6, 6.07) is 3.59. The Morgan fingerprint density at radius 3 is 3.15 bits per heavy atom. The molecule has 1 saturated heterocycles. The maximum atomic E-state index is 11.7. The minimum absolute atomic E-state index is 0.0955. The van der Waals surface area contributed by atoms with Gasteiger partial charge in [0.15, 0.2) is 0 Å². The highest BCUT2D eigenvalue weighted by molar-refractivity contribution is 7.99. The van der Waals surface area contributed by atoms with Crippen LogP contribution in [0.3, 0.4) is 0 Å². The van der Waals surface area contributed by atoms with Crippen LogP contribution in [0.15, 0.2) is 24.5 Å². The highest BCUT2D eigenvalue weighted by Crippen LogP contribution is 2.15. The lowest BCUT2D eigenvalue weighted by molar-refractivity contribution is 0.0802. The fraction of sp³-hybridized carbons (Fsp3) is 0.333. The van der Waals surface area contributed by atoms with Gasteiger partial charge in [0.2, 0.25) is 0 Å². The monoisotopic (exact) mass is 194 g/mol. The molecule has 1 aromatic heterocycles. The molecule has 0 radical (unpaired) electrons. The van der Waals surface area contributed by atoms with Gasteiger partial charge in [0.1, 0.15) is 0 Å². The Bertz CT molecular complexity index is 296. The lowest BCUT2D eigenvalue weighted by atomic mass is 10.2. The summed E-state index contributed by atoms with van der Waals surface area (Å²) >= 11 is 1.79. The first-order chi connectivity index (χ1) is 6.38. The van der Waals surface area contributed by atoms with E-state index < -0.39 is 0 Å². The molecule has 0 unspecified atom stereocenters. The summed E-state index contributed by atoms with van der Waals surface area (Å²) in [5, 5.41) is 0. The van der Waals surface area contributed by atoms with Gasteiger partial charge in [0, 0.05) is 24.7 Å². The summed E-state index contributed by atoms with van der Waals surface area (Å²) in [6.45, 7) is 0.860. The first kappa shape index (κ1) is 8.56. The third-order valence-corrected chi connectivity index (χ3v) is 2.91. The third-order valence-electron chi connectivity index (χ3n) is 1.95. The number of nitrogens with zero attached hydrogens (tertiary/aromatic N) is 2. The number of hydrogen-bond acceptors (Lipinski definition) is 3. The van der Waals surface area contributed by atoms with Crippen LogP contribution in [0.25, 0.3) is 0 Å². The molecule has 68 valence electrons. The van der Waals surface area contributed by atoms with Crippen LogP contribution in [0.2, 0.25) is 0 Å². The van der Waals surface area contributed by atoms with Crippen LogP contribution >= 0.6 is 11.8 Å². The average Bonchev–Trinajstić information content (AvgIpc) is 2.71. The highest BCUT2D eigenvalue weighted by atomic mass is 32.2. The number of pyridine rings is 1. The van der Waals surface area contributed by atoms with E-state index >= 15 is 0 Å². The van der Waals surface area contributed by atoms with Gasteiger partial charge >= 0.3 is 0 Å². The van der Waals surface area contributed by atoms with Gasteiger partial charge < -0.3 is 4.90 Å². The number of carbonyl (C=O) groups excluding carboxylic acids is 1. The number of carbonyl (C=O) groups is 1. The molecule has 0 aromatic carbocycles. The van der Waals surface area contributed by atoms with Gasteiger partial charge in [0.25, 0.3) is 5.91 Å². The van der Waals surface area contributed by atoms with Gasteiger partial charge in [0.05, 0.1) is 11.4 Å². The zero-order valence-corrected chi connectivity index (χ0v) is 7.96. The van der Waals surface area contributed by atoms with Crippen molar-refractivity contribution in [1.82, 2.24) is 9.88 Å². The molecular formula is C9H10N2OS. The Morgan fingerprint density at radius 1 is 1.62 bits per heavy atom. The Labute approximate surface area is 81.1 Å². The van der Waals surface area contributed by atoms with Crippen LogP contribution in [-0.4, -0.2) is 34.0 Å². The average molecular weight is 194 g/mol. The second-order valence-electron chi connectivity index (χ2n) is 2.85. The summed E-state index contributed by atoms with van der Waals surface area (Å²) in [6.07, 6.45) is 3.29. The van der Waals surface area contributed by atoms with E-state index in [0.29, 0.717) is 5.56 Å². The summed E-state index contributed by atoms with van der Waals surface area (Å²) < 4.78 is 0. The molecule has 13 heavy (non-hydrogen) atoms. The zero-order chi connectivity index (χ0) is 9.10. The first-order valence-corrected chi connectivity index (χ1v) is 5.30. The van der Waals surface area contributed by atoms with Gasteiger partial charge in [-0.05, 0) is 12.1 Å². The van der Waals surface area contributed by atoms with Crippen LogP contribution in [0, 0.1) is 0 Å². The molecule has 4 heteroatoms. The van der Waals surface area contributed by atoms with E-state index in [4.69, 9.17) is 0 Å². The second kappa shape index (κ2) is 3.79. The minimum atomic E-state index is 0.0955. The van der Waals surface area contributed by atoms with Gasteiger partial charge in [-0.25, -0.2) is 0 Å². The molecule has 1 aliphatic rings. The van der Waals surface area contributed by atoms with Crippen molar-refractivity contribution in [3.8, 4) is 0 Å². The normalized spacial score (nSPS) is 16.2. The van der Waals surface area contributed by atoms with E-state index in [2.05, 4.69) is 4.98 Å². The number of hydrogen-bond donors (Lipinski definition) is 0. The van der Waals surface area contributed by atoms with Gasteiger partial charge in [-0.2, -0.15) is 0 Å². The molecule has 1 fully saturated rings. The fourth-order valence-corrected chi connectivity index (χ4v) is 2.19. The SMILES string of the molecule is O=C(c1cccnc1)N1CCSC1. The molecular weight excluding hydrogens is 184 g/mol. The van der Waals surface area contributed by atoms with E-state index in [0.717, 1.165) is 18.2 Å². The molecule has 3 nitrogen and oxygen atoms in total. The van der Waals surface area contributed by atoms with E-state index in [9.17, 15) is 4.79 Å². The standard InChI is InChI=1S/C9H10N2OS/c12-9(11-4-5-13-7-11)8-2-1-3-10-6-8/h1-3,6H,4-5,7H2. The zero-order valence-electron chi connectivity index (χ0n) is 7.14. The van der Waals surface area contributed by atoms with E-state index in [1.165, 1.54) is 0 Å². The molecule has 2 heterocycles. The summed E-state index contributed by atoms with van der Waals surface area (Å²) in [5.41, 5.74) is 0.685. The van der Waals surface area contributed by atoms with Crippen LogP contribution < -0.4 is 0 Å². The van der Waals surface area contributed by atoms with Crippen molar-refractivity contribution in [2.24, 2.45) is 0 Å². The first-order valence-electron chi connectivity index (χ1n) is 4.15. The van der Waals surface area contributed by atoms with Crippen molar-refractivity contribution in [3.63, 3.8) is 0 Å². The summed E-state index contributed by atoms with van der Waals surface area (Å²) in [4.78, 5) is 17.5. The van der Waals surface area contributed by atoms with Crippen LogP contribution in [0.4, 0.5) is 0 Å². The summed E-state index contributed by atoms with van der Waals surface area (Å²) in [5.74, 6) is 1.96. The van der Waals surface area contributed by atoms with Crippen LogP contribution in [-0.2, 0) is 0 Å². The molecule has 1 aromatic rings. The van der Waals surface area contributed by atoms with Crippen molar-refractivity contribution >= 4 is 17.7 Å². The molecule has 0 atom stereocenters. The molecule has 0 spiro atoms. The molecule has 0 N–H and O–H groups in total.